The molecule has 0 aromatic carbocycles. The second kappa shape index (κ2) is 69.0. The molecule has 0 fully saturated rings. The van der Waals surface area contributed by atoms with Gasteiger partial charge in [-0.3, -0.25) is 37.3 Å². The van der Waals surface area contributed by atoms with E-state index >= 15 is 0 Å². The van der Waals surface area contributed by atoms with Crippen molar-refractivity contribution >= 4 is 39.5 Å². The first-order valence-electron chi connectivity index (χ1n) is 36.8. The van der Waals surface area contributed by atoms with Crippen LogP contribution < -0.4 is 0 Å². The van der Waals surface area contributed by atoms with Gasteiger partial charge in [-0.05, 0) is 141 Å². The number of rotatable bonds is 68. The molecule has 0 rings (SSSR count). The van der Waals surface area contributed by atoms with E-state index in [1.807, 2.05) is 12.2 Å². The minimum Gasteiger partial charge on any atom is -0.462 e. The summed E-state index contributed by atoms with van der Waals surface area (Å²) in [5.74, 6) is -2.28. The fourth-order valence-corrected chi connectivity index (χ4v) is 10.9. The first-order chi connectivity index (χ1) is 46.7. The molecule has 0 spiro atoms. The van der Waals surface area contributed by atoms with Crippen molar-refractivity contribution in [1.29, 1.82) is 0 Å². The first-order valence-corrected chi connectivity index (χ1v) is 39.8. The number of esters is 4. The maximum absolute atomic E-state index is 13.1. The average molecular weight is 1390 g/mol. The number of hydrogen-bond acceptors (Lipinski definition) is 15. The largest absolute Gasteiger partial charge is 0.472 e. The molecule has 0 aliphatic heterocycles. The Hall–Kier alpha value is -4.54. The summed E-state index contributed by atoms with van der Waals surface area (Å²) in [5.41, 5.74) is 0. The summed E-state index contributed by atoms with van der Waals surface area (Å²) in [6.07, 6.45) is 73.5. The topological polar surface area (TPSA) is 237 Å². The van der Waals surface area contributed by atoms with Crippen LogP contribution in [0.2, 0.25) is 0 Å². The summed E-state index contributed by atoms with van der Waals surface area (Å²) in [7, 11) is -9.97. The summed E-state index contributed by atoms with van der Waals surface area (Å²) >= 11 is 0. The minimum absolute atomic E-state index is 0.0603. The van der Waals surface area contributed by atoms with E-state index in [0.717, 1.165) is 161 Å². The third kappa shape index (κ3) is 68.0. The maximum Gasteiger partial charge on any atom is 0.472 e. The molecule has 0 amide bonds. The maximum atomic E-state index is 13.1. The van der Waals surface area contributed by atoms with Gasteiger partial charge in [-0.2, -0.15) is 0 Å². The Balaban J connectivity index is 5.40. The van der Waals surface area contributed by atoms with Gasteiger partial charge in [-0.1, -0.05) is 239 Å². The molecule has 0 aliphatic rings. The smallest absolute Gasteiger partial charge is 0.462 e. The summed E-state index contributed by atoms with van der Waals surface area (Å²) in [6, 6.07) is 0. The monoisotopic (exact) mass is 1390 g/mol. The highest BCUT2D eigenvalue weighted by Crippen LogP contribution is 2.45. The zero-order chi connectivity index (χ0) is 70.4. The van der Waals surface area contributed by atoms with Crippen molar-refractivity contribution in [1.82, 2.24) is 0 Å². The lowest BCUT2D eigenvalue weighted by molar-refractivity contribution is -0.161. The van der Waals surface area contributed by atoms with Crippen LogP contribution >= 0.6 is 15.6 Å². The number of carbonyl (C=O) groups excluding carboxylic acids is 4. The van der Waals surface area contributed by atoms with E-state index in [-0.39, 0.29) is 25.7 Å². The Morgan fingerprint density at radius 3 is 0.917 bits per heavy atom. The number of ether oxygens (including phenoxy) is 4. The van der Waals surface area contributed by atoms with Gasteiger partial charge in [0.25, 0.3) is 0 Å². The lowest BCUT2D eigenvalue weighted by atomic mass is 10.1. The molecule has 5 atom stereocenters. The van der Waals surface area contributed by atoms with Crippen molar-refractivity contribution in [2.24, 2.45) is 0 Å². The molecule has 0 saturated heterocycles. The highest BCUT2D eigenvalue weighted by molar-refractivity contribution is 7.47. The zero-order valence-electron chi connectivity index (χ0n) is 59.8. The first kappa shape index (κ1) is 91.5. The molecule has 0 aliphatic carbocycles. The molecule has 96 heavy (non-hydrogen) atoms. The quantitative estimate of drug-likeness (QED) is 0.0169. The van der Waals surface area contributed by atoms with E-state index in [9.17, 15) is 43.2 Å². The lowest BCUT2D eigenvalue weighted by Gasteiger charge is -2.21. The van der Waals surface area contributed by atoms with Crippen molar-refractivity contribution in [3.05, 3.63) is 122 Å². The number of phosphoric acid groups is 2. The molecule has 5 unspecified atom stereocenters. The average Bonchev–Trinajstić information content (AvgIpc) is 2.18. The Labute approximate surface area is 581 Å². The molecule has 0 aromatic rings. The van der Waals surface area contributed by atoms with Crippen LogP contribution in [0, 0.1) is 0 Å². The molecule has 0 saturated carbocycles. The van der Waals surface area contributed by atoms with Crippen LogP contribution in [0.4, 0.5) is 0 Å². The number of phosphoric ester groups is 2. The summed E-state index contributed by atoms with van der Waals surface area (Å²) < 4.78 is 68.2. The molecule has 3 N–H and O–H groups in total. The molecule has 19 heteroatoms. The highest BCUT2D eigenvalue weighted by atomic mass is 31.2. The van der Waals surface area contributed by atoms with Gasteiger partial charge in [0.05, 0.1) is 26.4 Å². The Kier molecular flexibility index (Phi) is 65.7. The predicted molar refractivity (Wildman–Crippen MR) is 390 cm³/mol. The van der Waals surface area contributed by atoms with Gasteiger partial charge in [0, 0.05) is 25.7 Å². The SMILES string of the molecule is CC/C=C\C/C=C\C/C=C\C/C=C\C/C=C\CCCC(=O)OCC(COP(=O)(O)OCC(O)COP(=O)(O)OCC(COC(=O)CCCCCCC/C=C\CCCCCC)OC(=O)CCCCCCC/C=C\CCCC)OC(=O)CCCCCCC/C=C\C/C=C\C/C=C\CC. The zero-order valence-corrected chi connectivity index (χ0v) is 61.5. The van der Waals surface area contributed by atoms with Crippen LogP contribution in [0.5, 0.6) is 0 Å². The van der Waals surface area contributed by atoms with Gasteiger partial charge in [0.2, 0.25) is 0 Å². The standard InChI is InChI=1S/C77H130O17P2/c1-5-9-13-17-21-25-29-32-34-35-37-39-43-46-50-54-58-62-75(80)88-68-73(94-77(82)64-60-56-52-48-44-40-36-33-30-26-22-18-14-10-6-2)70-92-96(85,86)90-66-71(78)65-89-95(83,84)91-69-72(93-76(81)63-59-55-51-47-41-28-24-20-16-12-8-4)67-87-74(79)61-57-53-49-45-42-38-31-27-23-19-15-11-7-3/h9-10,13-14,20-22,24-27,31-34,36-37,39,46,50,71-73,78H,5-8,11-12,15-19,23,28-30,35,38,40-45,47-49,51-70H2,1-4H3,(H,83,84)(H,85,86)/b13-9-,14-10-,24-20-,25-21-,26-22-,31-27-,34-32-,36-33-,39-37-,50-46-. The molecule has 0 radical (unpaired) electrons. The number of aliphatic hydroxyl groups is 1. The predicted octanol–water partition coefficient (Wildman–Crippen LogP) is 20.8. The van der Waals surface area contributed by atoms with Gasteiger partial charge in [-0.25, -0.2) is 9.13 Å². The van der Waals surface area contributed by atoms with E-state index in [2.05, 4.69) is 137 Å². The third-order valence-electron chi connectivity index (χ3n) is 14.9. The van der Waals surface area contributed by atoms with Gasteiger partial charge in [0.15, 0.2) is 12.2 Å². The second-order valence-electron chi connectivity index (χ2n) is 24.1. The summed E-state index contributed by atoms with van der Waals surface area (Å²) in [4.78, 5) is 72.7. The number of aliphatic hydroxyl groups excluding tert-OH is 1. The molecule has 0 aromatic heterocycles. The molecule has 17 nitrogen and oxygen atoms in total. The number of carbonyl (C=O) groups is 4. The van der Waals surface area contributed by atoms with Crippen LogP contribution in [0.25, 0.3) is 0 Å². The second-order valence-corrected chi connectivity index (χ2v) is 27.0. The van der Waals surface area contributed by atoms with Crippen LogP contribution in [0.15, 0.2) is 122 Å². The van der Waals surface area contributed by atoms with E-state index < -0.39 is 97.5 Å². The van der Waals surface area contributed by atoms with Crippen molar-refractivity contribution in [3.63, 3.8) is 0 Å². The van der Waals surface area contributed by atoms with Crippen molar-refractivity contribution in [2.45, 2.75) is 303 Å². The van der Waals surface area contributed by atoms with Gasteiger partial charge >= 0.3 is 39.5 Å². The van der Waals surface area contributed by atoms with Crippen LogP contribution in [-0.2, 0) is 65.4 Å². The molecule has 0 heterocycles. The number of hydrogen-bond donors (Lipinski definition) is 3. The van der Waals surface area contributed by atoms with Crippen molar-refractivity contribution in [2.75, 3.05) is 39.6 Å². The van der Waals surface area contributed by atoms with E-state index in [0.29, 0.717) is 32.1 Å². The van der Waals surface area contributed by atoms with Crippen molar-refractivity contribution < 1.29 is 80.2 Å². The van der Waals surface area contributed by atoms with Crippen LogP contribution in [0.3, 0.4) is 0 Å². The van der Waals surface area contributed by atoms with E-state index in [4.69, 9.17) is 37.0 Å². The molecule has 550 valence electrons. The molecule has 0 bridgehead atoms. The fraction of sp³-hybridized carbons (Fsp3) is 0.688. The lowest BCUT2D eigenvalue weighted by Crippen LogP contribution is -2.30. The summed E-state index contributed by atoms with van der Waals surface area (Å²) in [5, 5.41) is 10.6. The Morgan fingerprint density at radius 1 is 0.302 bits per heavy atom. The van der Waals surface area contributed by atoms with E-state index in [1.54, 1.807) is 0 Å². The van der Waals surface area contributed by atoms with Crippen LogP contribution in [-0.4, -0.2) is 96.7 Å². The number of allylic oxidation sites excluding steroid dienone is 20. The molecular weight excluding hydrogens is 1260 g/mol. The fourth-order valence-electron chi connectivity index (χ4n) is 9.30. The minimum atomic E-state index is -4.99. The van der Waals surface area contributed by atoms with E-state index in [1.165, 1.54) is 38.5 Å². The van der Waals surface area contributed by atoms with Gasteiger partial charge in [0.1, 0.15) is 19.3 Å². The van der Waals surface area contributed by atoms with Crippen molar-refractivity contribution in [3.8, 4) is 0 Å². The van der Waals surface area contributed by atoms with Gasteiger partial charge < -0.3 is 33.8 Å². The van der Waals surface area contributed by atoms with Gasteiger partial charge in [-0.15, -0.1) is 0 Å². The third-order valence-corrected chi connectivity index (χ3v) is 16.8. The normalized spacial score (nSPS) is 14.7. The molecular formula is C77H130O17P2. The van der Waals surface area contributed by atoms with Crippen LogP contribution in [0.1, 0.15) is 285 Å². The Bertz CT molecular complexity index is 2300. The Morgan fingerprint density at radius 2 is 0.562 bits per heavy atom. The summed E-state index contributed by atoms with van der Waals surface area (Å²) in [6.45, 7) is 4.47. The number of unbranched alkanes of at least 4 members (excludes halogenated alkanes) is 22. The highest BCUT2D eigenvalue weighted by Gasteiger charge is 2.30.